The van der Waals surface area contributed by atoms with E-state index in [1.165, 1.54) is 0 Å². The number of methoxy groups -OCH3 is 1. The minimum Gasteiger partial charge on any atom is -0.399 e. The van der Waals surface area contributed by atoms with Gasteiger partial charge in [0.25, 0.3) is 0 Å². The summed E-state index contributed by atoms with van der Waals surface area (Å²) in [5, 5.41) is 9.06. The van der Waals surface area contributed by atoms with Crippen molar-refractivity contribution in [3.8, 4) is 6.07 Å². The fraction of sp³-hybridized carbons (Fsp3) is 0.417. The van der Waals surface area contributed by atoms with Gasteiger partial charge in [-0.15, -0.1) is 0 Å². The Balaban J connectivity index is 2.25. The Morgan fingerprint density at radius 2 is 2.38 bits per heavy atom. The summed E-state index contributed by atoms with van der Waals surface area (Å²) in [7, 11) is 1.72. The van der Waals surface area contributed by atoms with E-state index in [1.54, 1.807) is 13.2 Å². The summed E-state index contributed by atoms with van der Waals surface area (Å²) in [6, 6.07) is 7.64. The second-order valence-electron chi connectivity index (χ2n) is 3.98. The Hall–Kier alpha value is -1.73. The molecule has 1 unspecified atom stereocenters. The molecule has 1 fully saturated rings. The maximum Gasteiger partial charge on any atom is 0.101 e. The van der Waals surface area contributed by atoms with E-state index in [4.69, 9.17) is 15.7 Å². The monoisotopic (exact) mass is 217 g/mol. The molecule has 0 aromatic heterocycles. The van der Waals surface area contributed by atoms with Crippen molar-refractivity contribution < 1.29 is 4.74 Å². The summed E-state index contributed by atoms with van der Waals surface area (Å²) in [5.74, 6) is 0. The van der Waals surface area contributed by atoms with Crippen LogP contribution in [-0.4, -0.2) is 26.3 Å². The Morgan fingerprint density at radius 1 is 1.56 bits per heavy atom. The minimum absolute atomic E-state index is 0.268. The highest BCUT2D eigenvalue weighted by Crippen LogP contribution is 2.26. The average Bonchev–Trinajstić information content (AvgIpc) is 2.77. The van der Waals surface area contributed by atoms with Gasteiger partial charge < -0.3 is 15.4 Å². The van der Waals surface area contributed by atoms with Crippen molar-refractivity contribution in [1.29, 1.82) is 5.26 Å². The second-order valence-corrected chi connectivity index (χ2v) is 3.98. The molecule has 16 heavy (non-hydrogen) atoms. The van der Waals surface area contributed by atoms with E-state index in [0.29, 0.717) is 11.3 Å². The van der Waals surface area contributed by atoms with E-state index in [-0.39, 0.29) is 6.10 Å². The normalized spacial score (nSPS) is 19.8. The molecule has 1 aliphatic rings. The van der Waals surface area contributed by atoms with Crippen LogP contribution in [0, 0.1) is 11.3 Å². The lowest BCUT2D eigenvalue weighted by atomic mass is 10.1. The number of rotatable bonds is 2. The Morgan fingerprint density at radius 3 is 3.00 bits per heavy atom. The number of anilines is 2. The third-order valence-electron chi connectivity index (χ3n) is 2.96. The van der Waals surface area contributed by atoms with E-state index in [2.05, 4.69) is 11.0 Å². The molecule has 1 aromatic rings. The summed E-state index contributed by atoms with van der Waals surface area (Å²) in [4.78, 5) is 2.17. The van der Waals surface area contributed by atoms with Crippen molar-refractivity contribution in [3.05, 3.63) is 23.8 Å². The second kappa shape index (κ2) is 4.42. The van der Waals surface area contributed by atoms with Gasteiger partial charge in [0, 0.05) is 25.9 Å². The van der Waals surface area contributed by atoms with Crippen molar-refractivity contribution in [2.75, 3.05) is 30.8 Å². The SMILES string of the molecule is COC1CCN(c2ccc(N)cc2C#N)C1. The van der Waals surface area contributed by atoms with E-state index in [1.807, 2.05) is 12.1 Å². The fourth-order valence-electron chi connectivity index (χ4n) is 2.06. The largest absolute Gasteiger partial charge is 0.399 e. The van der Waals surface area contributed by atoms with E-state index < -0.39 is 0 Å². The molecule has 84 valence electrons. The number of ether oxygens (including phenoxy) is 1. The molecule has 0 amide bonds. The van der Waals surface area contributed by atoms with Gasteiger partial charge in [0.1, 0.15) is 6.07 Å². The molecule has 4 heteroatoms. The minimum atomic E-state index is 0.268. The van der Waals surface area contributed by atoms with Crippen molar-refractivity contribution in [2.45, 2.75) is 12.5 Å². The molecular formula is C12H15N3O. The van der Waals surface area contributed by atoms with Gasteiger partial charge in [-0.05, 0) is 24.6 Å². The van der Waals surface area contributed by atoms with Crippen LogP contribution in [0.4, 0.5) is 11.4 Å². The molecule has 0 saturated carbocycles. The number of nitriles is 1. The molecule has 2 rings (SSSR count). The van der Waals surface area contributed by atoms with Gasteiger partial charge in [0.05, 0.1) is 17.4 Å². The van der Waals surface area contributed by atoms with E-state index >= 15 is 0 Å². The molecule has 0 aliphatic carbocycles. The summed E-state index contributed by atoms with van der Waals surface area (Å²) in [5.41, 5.74) is 7.88. The first-order valence-corrected chi connectivity index (χ1v) is 5.32. The van der Waals surface area contributed by atoms with Crippen LogP contribution < -0.4 is 10.6 Å². The maximum atomic E-state index is 9.06. The topological polar surface area (TPSA) is 62.3 Å². The van der Waals surface area contributed by atoms with Crippen LogP contribution in [0.15, 0.2) is 18.2 Å². The van der Waals surface area contributed by atoms with Crippen LogP contribution in [-0.2, 0) is 4.74 Å². The summed E-state index contributed by atoms with van der Waals surface area (Å²) >= 11 is 0. The van der Waals surface area contributed by atoms with Gasteiger partial charge >= 0.3 is 0 Å². The molecule has 1 saturated heterocycles. The molecule has 1 heterocycles. The van der Waals surface area contributed by atoms with Crippen LogP contribution in [0.5, 0.6) is 0 Å². The predicted molar refractivity (Wildman–Crippen MR) is 63.2 cm³/mol. The van der Waals surface area contributed by atoms with E-state index in [0.717, 1.165) is 25.2 Å². The van der Waals surface area contributed by atoms with Crippen molar-refractivity contribution in [2.24, 2.45) is 0 Å². The van der Waals surface area contributed by atoms with E-state index in [9.17, 15) is 0 Å². The highest BCUT2D eigenvalue weighted by atomic mass is 16.5. The maximum absolute atomic E-state index is 9.06. The predicted octanol–water partition coefficient (Wildman–Crippen LogP) is 1.37. The van der Waals surface area contributed by atoms with Crippen LogP contribution in [0.2, 0.25) is 0 Å². The lowest BCUT2D eigenvalue weighted by Gasteiger charge is -2.19. The molecule has 2 N–H and O–H groups in total. The van der Waals surface area contributed by atoms with Gasteiger partial charge in [0.15, 0.2) is 0 Å². The zero-order chi connectivity index (χ0) is 11.5. The fourth-order valence-corrected chi connectivity index (χ4v) is 2.06. The van der Waals surface area contributed by atoms with Crippen molar-refractivity contribution in [1.82, 2.24) is 0 Å². The molecule has 0 bridgehead atoms. The van der Waals surface area contributed by atoms with Crippen LogP contribution in [0.25, 0.3) is 0 Å². The van der Waals surface area contributed by atoms with Crippen LogP contribution in [0.1, 0.15) is 12.0 Å². The van der Waals surface area contributed by atoms with Gasteiger partial charge in [-0.1, -0.05) is 0 Å². The van der Waals surface area contributed by atoms with Gasteiger partial charge in [-0.25, -0.2) is 0 Å². The van der Waals surface area contributed by atoms with Crippen molar-refractivity contribution in [3.63, 3.8) is 0 Å². The standard InChI is InChI=1S/C12H15N3O/c1-16-11-4-5-15(8-11)12-3-2-10(14)6-9(12)7-13/h2-3,6,11H,4-5,8,14H2,1H3. The summed E-state index contributed by atoms with van der Waals surface area (Å²) < 4.78 is 5.31. The first kappa shape index (κ1) is 10.8. The molecule has 1 aromatic carbocycles. The Labute approximate surface area is 95.2 Å². The molecule has 0 spiro atoms. The molecular weight excluding hydrogens is 202 g/mol. The van der Waals surface area contributed by atoms with Gasteiger partial charge in [-0.3, -0.25) is 0 Å². The quantitative estimate of drug-likeness (QED) is 0.760. The van der Waals surface area contributed by atoms with Crippen LogP contribution >= 0.6 is 0 Å². The highest BCUT2D eigenvalue weighted by molar-refractivity contribution is 5.64. The van der Waals surface area contributed by atoms with Gasteiger partial charge in [-0.2, -0.15) is 5.26 Å². The zero-order valence-corrected chi connectivity index (χ0v) is 9.31. The number of nitrogens with zero attached hydrogens (tertiary/aromatic N) is 2. The molecule has 0 radical (unpaired) electrons. The number of hydrogen-bond acceptors (Lipinski definition) is 4. The number of benzene rings is 1. The molecule has 4 nitrogen and oxygen atoms in total. The first-order valence-electron chi connectivity index (χ1n) is 5.32. The Bertz CT molecular complexity index is 425. The molecule has 1 aliphatic heterocycles. The molecule has 1 atom stereocenters. The summed E-state index contributed by atoms with van der Waals surface area (Å²) in [6.45, 7) is 1.77. The van der Waals surface area contributed by atoms with Crippen LogP contribution in [0.3, 0.4) is 0 Å². The lowest BCUT2D eigenvalue weighted by Crippen LogP contribution is -2.23. The number of nitrogens with two attached hydrogens (primary N) is 1. The highest BCUT2D eigenvalue weighted by Gasteiger charge is 2.23. The third kappa shape index (κ3) is 1.95. The first-order chi connectivity index (χ1) is 7.74. The number of nitrogen functional groups attached to an aromatic ring is 1. The summed E-state index contributed by atoms with van der Waals surface area (Å²) in [6.07, 6.45) is 1.27. The number of hydrogen-bond donors (Lipinski definition) is 1. The van der Waals surface area contributed by atoms with Gasteiger partial charge in [0.2, 0.25) is 0 Å². The Kier molecular flexibility index (Phi) is 2.97. The third-order valence-corrected chi connectivity index (χ3v) is 2.96. The van der Waals surface area contributed by atoms with Crippen molar-refractivity contribution >= 4 is 11.4 Å². The zero-order valence-electron chi connectivity index (χ0n) is 9.31. The lowest BCUT2D eigenvalue weighted by molar-refractivity contribution is 0.121. The average molecular weight is 217 g/mol. The smallest absolute Gasteiger partial charge is 0.101 e.